The number of esters is 1. The van der Waals surface area contributed by atoms with Gasteiger partial charge in [0.1, 0.15) is 6.10 Å². The van der Waals surface area contributed by atoms with Gasteiger partial charge in [-0.05, 0) is 38.4 Å². The minimum Gasteiger partial charge on any atom is -0.539 e. The van der Waals surface area contributed by atoms with E-state index < -0.39 is 44.2 Å². The highest BCUT2D eigenvalue weighted by atomic mass is 28.4. The van der Waals surface area contributed by atoms with Gasteiger partial charge < -0.3 is 23.7 Å². The van der Waals surface area contributed by atoms with E-state index in [9.17, 15) is 14.7 Å². The Bertz CT molecular complexity index is 827. The standard InChI is InChI=1S/C31H56O7Si/c1-9-10-11-12-13-14-15-16-17-18-19-20-21-23(28(32)33)25-26(24-22-35-31(5,6)37-24)36-29(34)27(25)38-39(7,8)30(2,3)4/h23-24,26H,9-22H2,1-8H3,(H,32,33)/t23?,24-,26-/m0/s1. The van der Waals surface area contributed by atoms with E-state index in [1.807, 2.05) is 0 Å². The van der Waals surface area contributed by atoms with E-state index >= 15 is 0 Å². The van der Waals surface area contributed by atoms with E-state index in [4.69, 9.17) is 18.6 Å². The van der Waals surface area contributed by atoms with Crippen LogP contribution in [0.5, 0.6) is 0 Å². The van der Waals surface area contributed by atoms with Gasteiger partial charge in [-0.15, -0.1) is 0 Å². The number of carboxylic acid groups (broad SMARTS) is 1. The van der Waals surface area contributed by atoms with E-state index in [1.54, 1.807) is 13.8 Å². The predicted octanol–water partition coefficient (Wildman–Crippen LogP) is 8.13. The Kier molecular flexibility index (Phi) is 13.0. The van der Waals surface area contributed by atoms with Gasteiger partial charge in [0.2, 0.25) is 0 Å². The molecule has 0 amide bonds. The second kappa shape index (κ2) is 15.0. The number of ether oxygens (including phenoxy) is 3. The molecule has 8 heteroatoms. The van der Waals surface area contributed by atoms with Gasteiger partial charge in [-0.25, -0.2) is 4.79 Å². The van der Waals surface area contributed by atoms with Crippen LogP contribution >= 0.6 is 0 Å². The number of carbonyl (C=O) groups excluding carboxylic acids is 1. The number of cyclic esters (lactones) is 1. The smallest absolute Gasteiger partial charge is 0.373 e. The van der Waals surface area contributed by atoms with Gasteiger partial charge in [0.05, 0.1) is 12.5 Å². The lowest BCUT2D eigenvalue weighted by Crippen LogP contribution is -2.41. The summed E-state index contributed by atoms with van der Waals surface area (Å²) >= 11 is 0. The molecule has 2 rings (SSSR count). The summed E-state index contributed by atoms with van der Waals surface area (Å²) in [5.74, 6) is -3.14. The molecule has 1 N–H and O–H groups in total. The van der Waals surface area contributed by atoms with Crippen molar-refractivity contribution >= 4 is 20.3 Å². The molecular formula is C31H56O7Si. The maximum Gasteiger partial charge on any atom is 0.373 e. The lowest BCUT2D eigenvalue weighted by molar-refractivity contribution is -0.162. The molecule has 0 aromatic heterocycles. The quantitative estimate of drug-likeness (QED) is 0.101. The first-order valence-electron chi connectivity index (χ1n) is 15.4. The Morgan fingerprint density at radius 1 is 1.00 bits per heavy atom. The van der Waals surface area contributed by atoms with Crippen LogP contribution in [0.25, 0.3) is 0 Å². The zero-order valence-electron chi connectivity index (χ0n) is 26.0. The van der Waals surface area contributed by atoms with Crippen LogP contribution in [0.3, 0.4) is 0 Å². The minimum absolute atomic E-state index is 0.0891. The predicted molar refractivity (Wildman–Crippen MR) is 157 cm³/mol. The number of hydrogen-bond donors (Lipinski definition) is 1. The van der Waals surface area contributed by atoms with Crippen molar-refractivity contribution in [1.29, 1.82) is 0 Å². The summed E-state index contributed by atoms with van der Waals surface area (Å²) in [6.07, 6.45) is 13.6. The van der Waals surface area contributed by atoms with Gasteiger partial charge in [-0.1, -0.05) is 105 Å². The normalized spacial score (nSPS) is 22.3. The number of unbranched alkanes of at least 4 members (excludes halogenated alkanes) is 11. The summed E-state index contributed by atoms with van der Waals surface area (Å²) in [6, 6.07) is 0. The molecule has 0 aliphatic carbocycles. The van der Waals surface area contributed by atoms with E-state index in [0.717, 1.165) is 19.3 Å². The van der Waals surface area contributed by atoms with Crippen LogP contribution in [0.2, 0.25) is 18.1 Å². The largest absolute Gasteiger partial charge is 0.539 e. The molecule has 1 saturated heterocycles. The number of carbonyl (C=O) groups is 2. The molecule has 1 unspecified atom stereocenters. The van der Waals surface area contributed by atoms with Crippen LogP contribution in [0.4, 0.5) is 0 Å². The second-order valence-electron chi connectivity index (χ2n) is 13.4. The van der Waals surface area contributed by atoms with E-state index in [1.165, 1.54) is 57.8 Å². The Hall–Kier alpha value is -1.38. The molecule has 0 aromatic rings. The van der Waals surface area contributed by atoms with Crippen LogP contribution in [0.15, 0.2) is 11.3 Å². The summed E-state index contributed by atoms with van der Waals surface area (Å²) in [5.41, 5.74) is 0.423. The zero-order valence-corrected chi connectivity index (χ0v) is 27.0. The SMILES string of the molecule is CCCCCCCCCCCCCCC(C(=O)O)C1=C(O[Si](C)(C)C(C)(C)C)C(=O)O[C@H]1[C@@H]1COC(C)(C)O1. The summed E-state index contributed by atoms with van der Waals surface area (Å²) in [7, 11) is -2.43. The molecule has 7 nitrogen and oxygen atoms in total. The zero-order chi connectivity index (χ0) is 29.3. The number of rotatable bonds is 18. The molecule has 0 saturated carbocycles. The van der Waals surface area contributed by atoms with Crippen molar-refractivity contribution in [1.82, 2.24) is 0 Å². The number of carboxylic acids is 1. The lowest BCUT2D eigenvalue weighted by Gasteiger charge is -2.36. The highest BCUT2D eigenvalue weighted by Crippen LogP contribution is 2.43. The molecule has 39 heavy (non-hydrogen) atoms. The monoisotopic (exact) mass is 568 g/mol. The van der Waals surface area contributed by atoms with Gasteiger partial charge in [0.15, 0.2) is 17.7 Å². The Labute approximate surface area is 238 Å². The molecule has 3 atom stereocenters. The topological polar surface area (TPSA) is 91.3 Å². The third-order valence-corrected chi connectivity index (χ3v) is 12.9. The summed E-state index contributed by atoms with van der Waals surface area (Å²) in [5, 5.41) is 10.2. The number of aliphatic carboxylic acids is 1. The molecule has 0 spiro atoms. The van der Waals surface area contributed by atoms with Gasteiger partial charge in [-0.3, -0.25) is 4.79 Å². The van der Waals surface area contributed by atoms with Crippen LogP contribution in [-0.4, -0.2) is 50.0 Å². The van der Waals surface area contributed by atoms with E-state index in [-0.39, 0.29) is 17.4 Å². The summed E-state index contributed by atoms with van der Waals surface area (Å²) < 4.78 is 24.0. The average Bonchev–Trinajstić information content (AvgIpc) is 3.34. The van der Waals surface area contributed by atoms with Gasteiger partial charge in [-0.2, -0.15) is 0 Å². The van der Waals surface area contributed by atoms with Crippen LogP contribution in [-0.2, 0) is 28.2 Å². The van der Waals surface area contributed by atoms with Crippen molar-refractivity contribution in [3.8, 4) is 0 Å². The molecule has 2 aliphatic rings. The van der Waals surface area contributed by atoms with E-state index in [2.05, 4.69) is 40.8 Å². The average molecular weight is 569 g/mol. The number of hydrogen-bond acceptors (Lipinski definition) is 6. The molecular weight excluding hydrogens is 512 g/mol. The first-order chi connectivity index (χ1) is 18.2. The Morgan fingerprint density at radius 3 is 1.95 bits per heavy atom. The van der Waals surface area contributed by atoms with Crippen LogP contribution < -0.4 is 0 Å². The van der Waals surface area contributed by atoms with Gasteiger partial charge in [0.25, 0.3) is 8.32 Å². The van der Waals surface area contributed by atoms with Gasteiger partial charge in [0, 0.05) is 5.57 Å². The molecule has 1 fully saturated rings. The van der Waals surface area contributed by atoms with Crippen molar-refractivity contribution in [3.05, 3.63) is 11.3 Å². The van der Waals surface area contributed by atoms with Gasteiger partial charge >= 0.3 is 11.9 Å². The molecule has 2 heterocycles. The molecule has 2 aliphatic heterocycles. The second-order valence-corrected chi connectivity index (χ2v) is 18.1. The summed E-state index contributed by atoms with van der Waals surface area (Å²) in [6.45, 7) is 16.5. The van der Waals surface area contributed by atoms with Crippen molar-refractivity contribution in [3.63, 3.8) is 0 Å². The highest BCUT2D eigenvalue weighted by Gasteiger charge is 2.52. The molecule has 0 bridgehead atoms. The molecule has 0 aromatic carbocycles. The van der Waals surface area contributed by atoms with Crippen molar-refractivity contribution in [2.75, 3.05) is 6.61 Å². The fourth-order valence-corrected chi connectivity index (χ4v) is 6.10. The maximum absolute atomic E-state index is 13.1. The maximum atomic E-state index is 13.1. The lowest BCUT2D eigenvalue weighted by atomic mass is 9.87. The Morgan fingerprint density at radius 2 is 1.51 bits per heavy atom. The fraction of sp³-hybridized carbons (Fsp3) is 0.871. The van der Waals surface area contributed by atoms with E-state index in [0.29, 0.717) is 12.0 Å². The minimum atomic E-state index is -2.43. The van der Waals surface area contributed by atoms with Crippen molar-refractivity contribution in [2.45, 2.75) is 161 Å². The van der Waals surface area contributed by atoms with Crippen LogP contribution in [0, 0.1) is 5.92 Å². The summed E-state index contributed by atoms with van der Waals surface area (Å²) in [4.78, 5) is 25.8. The first kappa shape index (κ1) is 33.8. The van der Waals surface area contributed by atoms with Crippen molar-refractivity contribution in [2.24, 2.45) is 5.92 Å². The fourth-order valence-electron chi connectivity index (χ4n) is 5.09. The molecule has 0 radical (unpaired) electrons. The third-order valence-electron chi connectivity index (χ3n) is 8.54. The van der Waals surface area contributed by atoms with Crippen molar-refractivity contribution < 1.29 is 33.3 Å². The Balaban J connectivity index is 2.05. The highest BCUT2D eigenvalue weighted by molar-refractivity contribution is 6.74. The first-order valence-corrected chi connectivity index (χ1v) is 18.3. The third kappa shape index (κ3) is 10.2. The molecule has 226 valence electrons. The van der Waals surface area contributed by atoms with Crippen LogP contribution in [0.1, 0.15) is 125 Å².